The highest BCUT2D eigenvalue weighted by Crippen LogP contribution is 2.64. The molecule has 16 rings (SSSR count). The average Bonchev–Trinajstić information content (AvgIpc) is 4.22. The fourth-order valence-electron chi connectivity index (χ4n) is 12.5. The summed E-state index contributed by atoms with van der Waals surface area (Å²) in [6.45, 7) is 0. The van der Waals surface area contributed by atoms with Gasteiger partial charge in [0.15, 0.2) is 11.6 Å². The van der Waals surface area contributed by atoms with E-state index >= 15 is 0 Å². The van der Waals surface area contributed by atoms with Crippen molar-refractivity contribution in [1.82, 2.24) is 24.1 Å². The molecule has 324 valence electrons. The van der Waals surface area contributed by atoms with E-state index in [1.54, 1.807) is 0 Å². The second-order valence-corrected chi connectivity index (χ2v) is 18.6. The fraction of sp³-hybridized carbons (Fsp3) is 0.0156. The number of nitrogens with zero attached hydrogens (tertiary/aromatic N) is 5. The van der Waals surface area contributed by atoms with Gasteiger partial charge in [0, 0.05) is 49.0 Å². The number of fused-ring (bicyclic) bond motifs is 20. The van der Waals surface area contributed by atoms with Gasteiger partial charge in [0.25, 0.3) is 0 Å². The van der Waals surface area contributed by atoms with Crippen molar-refractivity contribution in [3.05, 3.63) is 247 Å². The maximum Gasteiger partial charge on any atom is 0.238 e. The van der Waals surface area contributed by atoms with E-state index in [2.05, 4.69) is 215 Å². The van der Waals surface area contributed by atoms with Gasteiger partial charge in [-0.25, -0.2) is 4.98 Å². The number of para-hydroxylation sites is 5. The van der Waals surface area contributed by atoms with Crippen molar-refractivity contribution < 1.29 is 4.42 Å². The Morgan fingerprint density at radius 3 is 1.54 bits per heavy atom. The molecule has 6 nitrogen and oxygen atoms in total. The molecule has 0 saturated carbocycles. The molecule has 0 saturated heterocycles. The van der Waals surface area contributed by atoms with Crippen LogP contribution in [0.1, 0.15) is 22.3 Å². The number of hydrogen-bond acceptors (Lipinski definition) is 4. The van der Waals surface area contributed by atoms with Gasteiger partial charge in [-0.3, -0.25) is 4.57 Å². The zero-order valence-electron chi connectivity index (χ0n) is 37.5. The topological polar surface area (TPSA) is 61.7 Å². The van der Waals surface area contributed by atoms with Crippen LogP contribution in [0.15, 0.2) is 229 Å². The predicted octanol–water partition coefficient (Wildman–Crippen LogP) is 15.6. The van der Waals surface area contributed by atoms with Crippen LogP contribution in [-0.4, -0.2) is 24.1 Å². The van der Waals surface area contributed by atoms with Crippen LogP contribution >= 0.6 is 0 Å². The lowest BCUT2D eigenvalue weighted by Gasteiger charge is -2.30. The fourth-order valence-corrected chi connectivity index (χ4v) is 12.5. The molecule has 0 atom stereocenters. The van der Waals surface area contributed by atoms with Crippen LogP contribution in [0.3, 0.4) is 0 Å². The Kier molecular flexibility index (Phi) is 7.45. The molecule has 0 aliphatic heterocycles. The van der Waals surface area contributed by atoms with Crippen LogP contribution < -0.4 is 0 Å². The molecule has 10 aromatic carbocycles. The molecule has 2 aliphatic rings. The van der Waals surface area contributed by atoms with Gasteiger partial charge in [-0.1, -0.05) is 176 Å². The number of benzene rings is 10. The van der Waals surface area contributed by atoms with E-state index in [4.69, 9.17) is 19.4 Å². The van der Waals surface area contributed by atoms with Crippen molar-refractivity contribution >= 4 is 65.6 Å². The quantitative estimate of drug-likeness (QED) is 0.177. The number of rotatable bonds is 4. The first-order chi connectivity index (χ1) is 34.7. The number of hydrogen-bond donors (Lipinski definition) is 0. The smallest absolute Gasteiger partial charge is 0.238 e. The highest BCUT2D eigenvalue weighted by molar-refractivity contribution is 6.17. The van der Waals surface area contributed by atoms with Crippen LogP contribution in [0.4, 0.5) is 0 Å². The number of furan rings is 1. The van der Waals surface area contributed by atoms with E-state index in [1.807, 2.05) is 18.2 Å². The normalized spacial score (nSPS) is 13.3. The molecular formula is C64H37N5O. The summed E-state index contributed by atoms with van der Waals surface area (Å²) in [5.41, 5.74) is 18.4. The monoisotopic (exact) mass is 891 g/mol. The summed E-state index contributed by atoms with van der Waals surface area (Å²) < 4.78 is 11.1. The molecule has 4 heterocycles. The van der Waals surface area contributed by atoms with Gasteiger partial charge < -0.3 is 8.98 Å². The molecule has 70 heavy (non-hydrogen) atoms. The van der Waals surface area contributed by atoms with Crippen LogP contribution in [0.5, 0.6) is 0 Å². The Labute approximate surface area is 401 Å². The van der Waals surface area contributed by atoms with Crippen molar-refractivity contribution in [2.75, 3.05) is 0 Å². The summed E-state index contributed by atoms with van der Waals surface area (Å²) in [6, 6.07) is 80.8. The maximum atomic E-state index is 6.45. The standard InChI is InChI=1S/C64H37N5O/c1-9-25-49-39(17-1)40-18-2-10-26-50(40)64(49)51-27-11-3-23-47(51)59-52(64)36-35-46-43-21-6-12-28-53(43)68(60(46)59)56-31-15-7-24-48(56)62-65-61(38-33-34-45-44-22-8-16-32-57(44)70-58(45)37-38)66-63(67-62)69-54-29-13-4-19-41(54)42-20-5-14-30-55(42)69/h1-37H. The minimum absolute atomic E-state index is 0.491. The molecule has 0 radical (unpaired) electrons. The Bertz CT molecular complexity index is 4470. The van der Waals surface area contributed by atoms with Crippen molar-refractivity contribution in [1.29, 1.82) is 0 Å². The molecule has 1 spiro atoms. The molecular weight excluding hydrogens is 855 g/mol. The molecule has 0 fully saturated rings. The second-order valence-electron chi connectivity index (χ2n) is 18.6. The minimum Gasteiger partial charge on any atom is -0.456 e. The molecule has 0 N–H and O–H groups in total. The van der Waals surface area contributed by atoms with Gasteiger partial charge in [-0.05, 0) is 87.5 Å². The molecule has 2 aliphatic carbocycles. The first kappa shape index (κ1) is 37.7. The van der Waals surface area contributed by atoms with Gasteiger partial charge >= 0.3 is 0 Å². The zero-order chi connectivity index (χ0) is 45.7. The van der Waals surface area contributed by atoms with Crippen molar-refractivity contribution in [2.24, 2.45) is 0 Å². The summed E-state index contributed by atoms with van der Waals surface area (Å²) in [4.78, 5) is 16.3. The third-order valence-electron chi connectivity index (χ3n) is 15.2. The highest BCUT2D eigenvalue weighted by atomic mass is 16.3. The van der Waals surface area contributed by atoms with Gasteiger partial charge in [0.1, 0.15) is 11.2 Å². The summed E-state index contributed by atoms with van der Waals surface area (Å²) >= 11 is 0. The van der Waals surface area contributed by atoms with Crippen LogP contribution in [0.2, 0.25) is 0 Å². The Morgan fingerprint density at radius 2 is 0.843 bits per heavy atom. The van der Waals surface area contributed by atoms with E-state index in [-0.39, 0.29) is 0 Å². The lowest BCUT2D eigenvalue weighted by molar-refractivity contribution is 0.669. The van der Waals surface area contributed by atoms with E-state index in [0.29, 0.717) is 17.6 Å². The van der Waals surface area contributed by atoms with Crippen LogP contribution in [-0.2, 0) is 5.41 Å². The van der Waals surface area contributed by atoms with E-state index in [0.717, 1.165) is 71.6 Å². The SMILES string of the molecule is c1ccc(-n2c3ccccc3c3ccc4c(c32)-c2ccccc2C42c3ccccc3-c3ccccc32)c(-c2nc(-c3ccc4c(c3)oc3ccccc34)nc(-n3c4ccccc4c4ccccc43)n2)c1. The van der Waals surface area contributed by atoms with Crippen molar-refractivity contribution in [2.45, 2.75) is 5.41 Å². The molecule has 0 bridgehead atoms. The molecule has 0 unspecified atom stereocenters. The largest absolute Gasteiger partial charge is 0.456 e. The predicted molar refractivity (Wildman–Crippen MR) is 283 cm³/mol. The average molecular weight is 892 g/mol. The van der Waals surface area contributed by atoms with Crippen LogP contribution in [0, 0.1) is 0 Å². The lowest BCUT2D eigenvalue weighted by atomic mass is 9.70. The van der Waals surface area contributed by atoms with Gasteiger partial charge in [-0.2, -0.15) is 9.97 Å². The van der Waals surface area contributed by atoms with Gasteiger partial charge in [0.05, 0.1) is 33.2 Å². The molecule has 4 aromatic heterocycles. The minimum atomic E-state index is -0.491. The van der Waals surface area contributed by atoms with Gasteiger partial charge in [-0.15, -0.1) is 0 Å². The molecule has 0 amide bonds. The zero-order valence-corrected chi connectivity index (χ0v) is 37.5. The Hall–Kier alpha value is -9.39. The first-order valence-corrected chi connectivity index (χ1v) is 23.9. The Balaban J connectivity index is 0.998. The summed E-state index contributed by atoms with van der Waals surface area (Å²) in [5.74, 6) is 1.65. The summed E-state index contributed by atoms with van der Waals surface area (Å²) in [6.07, 6.45) is 0. The Morgan fingerprint density at radius 1 is 0.343 bits per heavy atom. The first-order valence-electron chi connectivity index (χ1n) is 23.9. The highest BCUT2D eigenvalue weighted by Gasteiger charge is 2.52. The van der Waals surface area contributed by atoms with E-state index in [9.17, 15) is 0 Å². The third-order valence-corrected chi connectivity index (χ3v) is 15.2. The van der Waals surface area contributed by atoms with Crippen molar-refractivity contribution in [3.63, 3.8) is 0 Å². The van der Waals surface area contributed by atoms with Crippen molar-refractivity contribution in [3.8, 4) is 56.7 Å². The second kappa shape index (κ2) is 13.8. The molecule has 6 heteroatoms. The summed E-state index contributed by atoms with van der Waals surface area (Å²) in [7, 11) is 0. The van der Waals surface area contributed by atoms with E-state index < -0.39 is 5.41 Å². The van der Waals surface area contributed by atoms with Gasteiger partial charge in [0.2, 0.25) is 5.95 Å². The van der Waals surface area contributed by atoms with Crippen LogP contribution in [0.25, 0.3) is 122 Å². The van der Waals surface area contributed by atoms with E-state index in [1.165, 1.54) is 55.3 Å². The lowest BCUT2D eigenvalue weighted by Crippen LogP contribution is -2.25. The number of aromatic nitrogens is 5. The maximum absolute atomic E-state index is 6.45. The third kappa shape index (κ3) is 4.83. The summed E-state index contributed by atoms with van der Waals surface area (Å²) in [5, 5.41) is 6.77. The molecule has 14 aromatic rings.